The average Bonchev–Trinajstić information content (AvgIpc) is 2.55. The van der Waals surface area contributed by atoms with E-state index in [0.717, 1.165) is 5.46 Å². The first kappa shape index (κ1) is 14.8. The van der Waals surface area contributed by atoms with E-state index in [9.17, 15) is 0 Å². The minimum atomic E-state index is -0.461. The zero-order chi connectivity index (χ0) is 15.0. The number of hydrogen-bond acceptors (Lipinski definition) is 4. The Labute approximate surface area is 120 Å². The summed E-state index contributed by atoms with van der Waals surface area (Å²) in [6.07, 6.45) is 5.19. The van der Waals surface area contributed by atoms with Gasteiger partial charge in [-0.1, -0.05) is 5.92 Å². The fourth-order valence-corrected chi connectivity index (χ4v) is 1.97. The summed E-state index contributed by atoms with van der Waals surface area (Å²) < 4.78 is 17.4. The van der Waals surface area contributed by atoms with E-state index in [4.69, 9.17) is 26.2 Å². The Balaban J connectivity index is 2.26. The lowest BCUT2D eigenvalue weighted by Gasteiger charge is -2.32. The van der Waals surface area contributed by atoms with Crippen LogP contribution in [0.5, 0.6) is 5.75 Å². The Kier molecular flexibility index (Phi) is 3.72. The lowest BCUT2D eigenvalue weighted by Crippen LogP contribution is -2.41. The highest BCUT2D eigenvalue weighted by atomic mass is 16.7. The van der Waals surface area contributed by atoms with E-state index in [1.54, 1.807) is 6.07 Å². The fourth-order valence-electron chi connectivity index (χ4n) is 1.97. The van der Waals surface area contributed by atoms with Crippen molar-refractivity contribution in [1.82, 2.24) is 0 Å². The number of anilines is 1. The van der Waals surface area contributed by atoms with Crippen LogP contribution in [0.25, 0.3) is 0 Å². The topological polar surface area (TPSA) is 53.7 Å². The van der Waals surface area contributed by atoms with Gasteiger partial charge >= 0.3 is 7.12 Å². The third kappa shape index (κ3) is 2.77. The lowest BCUT2D eigenvalue weighted by atomic mass is 9.79. The van der Waals surface area contributed by atoms with Gasteiger partial charge in [0.2, 0.25) is 0 Å². The molecule has 1 heterocycles. The molecule has 0 bridgehead atoms. The molecule has 1 saturated heterocycles. The molecule has 20 heavy (non-hydrogen) atoms. The molecule has 0 unspecified atom stereocenters. The molecule has 0 aromatic heterocycles. The SMILES string of the molecule is C#CCOc1cc(N)cc(B2OC(C)(C)C(C)(C)O2)c1. The van der Waals surface area contributed by atoms with E-state index in [2.05, 4.69) is 5.92 Å². The number of terminal acetylenes is 1. The van der Waals surface area contributed by atoms with Crippen molar-refractivity contribution >= 4 is 18.3 Å². The van der Waals surface area contributed by atoms with Crippen LogP contribution < -0.4 is 15.9 Å². The maximum Gasteiger partial charge on any atom is 0.495 e. The Hall–Kier alpha value is -1.64. The molecule has 0 spiro atoms. The van der Waals surface area contributed by atoms with Crippen LogP contribution in [0.2, 0.25) is 0 Å². The van der Waals surface area contributed by atoms with E-state index in [-0.39, 0.29) is 17.8 Å². The van der Waals surface area contributed by atoms with Crippen LogP contribution in [-0.2, 0) is 9.31 Å². The molecule has 0 saturated carbocycles. The van der Waals surface area contributed by atoms with Gasteiger partial charge in [-0.3, -0.25) is 0 Å². The van der Waals surface area contributed by atoms with Crippen molar-refractivity contribution in [1.29, 1.82) is 0 Å². The number of nitrogens with two attached hydrogens (primary N) is 1. The summed E-state index contributed by atoms with van der Waals surface area (Å²) in [5.74, 6) is 3.04. The zero-order valence-electron chi connectivity index (χ0n) is 12.4. The van der Waals surface area contributed by atoms with E-state index in [1.165, 1.54) is 0 Å². The van der Waals surface area contributed by atoms with Crippen LogP contribution in [0.15, 0.2) is 18.2 Å². The lowest BCUT2D eigenvalue weighted by molar-refractivity contribution is 0.00578. The van der Waals surface area contributed by atoms with E-state index >= 15 is 0 Å². The molecule has 1 aliphatic rings. The van der Waals surface area contributed by atoms with Crippen molar-refractivity contribution in [2.75, 3.05) is 12.3 Å². The van der Waals surface area contributed by atoms with Crippen LogP contribution >= 0.6 is 0 Å². The standard InChI is InChI=1S/C15H20BNO3/c1-6-7-18-13-9-11(8-12(17)10-13)16-19-14(2,3)15(4,5)20-16/h1,8-10H,7,17H2,2-5H3. The maximum atomic E-state index is 5.99. The monoisotopic (exact) mass is 273 g/mol. The first-order chi connectivity index (χ1) is 9.25. The van der Waals surface area contributed by atoms with Gasteiger partial charge in [0, 0.05) is 11.8 Å². The summed E-state index contributed by atoms with van der Waals surface area (Å²) in [6.45, 7) is 8.24. The van der Waals surface area contributed by atoms with Crippen molar-refractivity contribution in [2.45, 2.75) is 38.9 Å². The number of hydrogen-bond donors (Lipinski definition) is 1. The van der Waals surface area contributed by atoms with Crippen molar-refractivity contribution in [3.05, 3.63) is 18.2 Å². The zero-order valence-corrected chi connectivity index (χ0v) is 12.4. The molecule has 4 nitrogen and oxygen atoms in total. The summed E-state index contributed by atoms with van der Waals surface area (Å²) in [4.78, 5) is 0. The molecule has 5 heteroatoms. The third-order valence-corrected chi connectivity index (χ3v) is 3.80. The molecule has 1 aliphatic heterocycles. The largest absolute Gasteiger partial charge is 0.495 e. The van der Waals surface area contributed by atoms with Crippen molar-refractivity contribution in [3.8, 4) is 18.1 Å². The first-order valence-corrected chi connectivity index (χ1v) is 6.57. The number of rotatable bonds is 3. The van der Waals surface area contributed by atoms with Gasteiger partial charge in [-0.05, 0) is 45.3 Å². The first-order valence-electron chi connectivity index (χ1n) is 6.57. The summed E-state index contributed by atoms with van der Waals surface area (Å²) in [5, 5.41) is 0. The van der Waals surface area contributed by atoms with Gasteiger partial charge in [-0.25, -0.2) is 0 Å². The smallest absolute Gasteiger partial charge is 0.481 e. The molecule has 2 N–H and O–H groups in total. The fraction of sp³-hybridized carbons (Fsp3) is 0.467. The predicted octanol–water partition coefficient (Wildman–Crippen LogP) is 1.58. The van der Waals surface area contributed by atoms with E-state index < -0.39 is 7.12 Å². The molecule has 0 amide bonds. The highest BCUT2D eigenvalue weighted by Gasteiger charge is 2.51. The van der Waals surface area contributed by atoms with Gasteiger partial charge in [-0.15, -0.1) is 6.42 Å². The summed E-state index contributed by atoms with van der Waals surface area (Å²) >= 11 is 0. The molecule has 1 aromatic carbocycles. The van der Waals surface area contributed by atoms with Crippen LogP contribution in [0, 0.1) is 12.3 Å². The number of ether oxygens (including phenoxy) is 1. The second kappa shape index (κ2) is 5.04. The molecule has 0 radical (unpaired) electrons. The normalized spacial score (nSPS) is 19.6. The minimum Gasteiger partial charge on any atom is -0.481 e. The van der Waals surface area contributed by atoms with Crippen molar-refractivity contribution in [3.63, 3.8) is 0 Å². The molecule has 0 aliphatic carbocycles. The number of benzene rings is 1. The summed E-state index contributed by atoms with van der Waals surface area (Å²) in [6, 6.07) is 5.40. The summed E-state index contributed by atoms with van der Waals surface area (Å²) in [5.41, 5.74) is 6.53. The van der Waals surface area contributed by atoms with Crippen LogP contribution in [-0.4, -0.2) is 24.9 Å². The Morgan fingerprint density at radius 1 is 1.20 bits per heavy atom. The van der Waals surface area contributed by atoms with Gasteiger partial charge in [-0.2, -0.15) is 0 Å². The third-order valence-electron chi connectivity index (χ3n) is 3.80. The quantitative estimate of drug-likeness (QED) is 0.516. The predicted molar refractivity (Wildman–Crippen MR) is 80.9 cm³/mol. The van der Waals surface area contributed by atoms with Gasteiger partial charge in [0.15, 0.2) is 0 Å². The van der Waals surface area contributed by atoms with Crippen LogP contribution in [0.1, 0.15) is 27.7 Å². The van der Waals surface area contributed by atoms with E-state index in [1.807, 2.05) is 39.8 Å². The molecule has 106 valence electrons. The molecular formula is C15H20BNO3. The Morgan fingerprint density at radius 2 is 1.80 bits per heavy atom. The second-order valence-electron chi connectivity index (χ2n) is 5.92. The number of nitrogen functional groups attached to an aromatic ring is 1. The van der Waals surface area contributed by atoms with Crippen molar-refractivity contribution in [2.24, 2.45) is 0 Å². The summed E-state index contributed by atoms with van der Waals surface area (Å²) in [7, 11) is -0.461. The van der Waals surface area contributed by atoms with E-state index in [0.29, 0.717) is 11.4 Å². The minimum absolute atomic E-state index is 0.201. The Bertz CT molecular complexity index is 533. The Morgan fingerprint density at radius 3 is 2.35 bits per heavy atom. The molecular weight excluding hydrogens is 253 g/mol. The van der Waals surface area contributed by atoms with Crippen LogP contribution in [0.3, 0.4) is 0 Å². The molecule has 2 rings (SSSR count). The molecule has 1 aromatic rings. The van der Waals surface area contributed by atoms with Gasteiger partial charge in [0.25, 0.3) is 0 Å². The van der Waals surface area contributed by atoms with Gasteiger partial charge < -0.3 is 19.8 Å². The highest BCUT2D eigenvalue weighted by Crippen LogP contribution is 2.36. The molecule has 0 atom stereocenters. The van der Waals surface area contributed by atoms with Crippen LogP contribution in [0.4, 0.5) is 5.69 Å². The van der Waals surface area contributed by atoms with Gasteiger partial charge in [0.1, 0.15) is 12.4 Å². The van der Waals surface area contributed by atoms with Crippen molar-refractivity contribution < 1.29 is 14.0 Å². The maximum absolute atomic E-state index is 5.99. The average molecular weight is 273 g/mol. The van der Waals surface area contributed by atoms with Gasteiger partial charge in [0.05, 0.1) is 11.2 Å². The second-order valence-corrected chi connectivity index (χ2v) is 5.92. The highest BCUT2D eigenvalue weighted by molar-refractivity contribution is 6.62. The molecule has 1 fully saturated rings.